The van der Waals surface area contributed by atoms with Crippen molar-refractivity contribution < 1.29 is 9.13 Å². The second kappa shape index (κ2) is 5.64. The van der Waals surface area contributed by atoms with Crippen LogP contribution in [0.25, 0.3) is 10.9 Å². The molecule has 0 aliphatic heterocycles. The highest BCUT2D eigenvalue weighted by Crippen LogP contribution is 2.20. The largest absolute Gasteiger partial charge is 0.385 e. The normalized spacial score (nSPS) is 10.8. The van der Waals surface area contributed by atoms with E-state index in [0.29, 0.717) is 29.7 Å². The van der Waals surface area contributed by atoms with Gasteiger partial charge in [-0.05, 0) is 24.6 Å². The number of methoxy groups -OCH3 is 1. The Balaban J connectivity index is 2.22. The summed E-state index contributed by atoms with van der Waals surface area (Å²) >= 11 is 0. The third-order valence-corrected chi connectivity index (χ3v) is 2.65. The minimum Gasteiger partial charge on any atom is -0.385 e. The number of nitrogens with one attached hydrogen (secondary N) is 2. The predicted molar refractivity (Wildman–Crippen MR) is 69.5 cm³/mol. The molecule has 18 heavy (non-hydrogen) atoms. The zero-order chi connectivity index (χ0) is 13.0. The van der Waals surface area contributed by atoms with E-state index >= 15 is 0 Å². The van der Waals surface area contributed by atoms with E-state index in [2.05, 4.69) is 10.3 Å². The predicted octanol–water partition coefficient (Wildman–Crippen LogP) is 2.12. The lowest BCUT2D eigenvalue weighted by Crippen LogP contribution is -2.07. The van der Waals surface area contributed by atoms with Crippen molar-refractivity contribution >= 4 is 16.6 Å². The molecule has 96 valence electrons. The Hall–Kier alpha value is -1.88. The van der Waals surface area contributed by atoms with Gasteiger partial charge in [-0.25, -0.2) is 4.39 Å². The number of rotatable bonds is 5. The van der Waals surface area contributed by atoms with Crippen LogP contribution >= 0.6 is 0 Å². The fourth-order valence-electron chi connectivity index (χ4n) is 1.75. The fraction of sp³-hybridized carbons (Fsp3) is 0.308. The number of ether oxygens (including phenoxy) is 1. The fourth-order valence-corrected chi connectivity index (χ4v) is 1.75. The van der Waals surface area contributed by atoms with Gasteiger partial charge in [0.15, 0.2) is 0 Å². The van der Waals surface area contributed by atoms with Gasteiger partial charge in [0.05, 0.1) is 11.2 Å². The van der Waals surface area contributed by atoms with Crippen LogP contribution in [-0.2, 0) is 4.74 Å². The number of halogens is 1. The van der Waals surface area contributed by atoms with Gasteiger partial charge in [0.25, 0.3) is 0 Å². The molecule has 0 bridgehead atoms. The number of fused-ring (bicyclic) bond motifs is 1. The maximum atomic E-state index is 13.7. The average molecular weight is 250 g/mol. The summed E-state index contributed by atoms with van der Waals surface area (Å²) in [7, 11) is 1.63. The van der Waals surface area contributed by atoms with Gasteiger partial charge >= 0.3 is 0 Å². The van der Waals surface area contributed by atoms with Gasteiger partial charge in [-0.15, -0.1) is 0 Å². The first-order valence-corrected chi connectivity index (χ1v) is 5.76. The van der Waals surface area contributed by atoms with E-state index < -0.39 is 0 Å². The van der Waals surface area contributed by atoms with E-state index in [4.69, 9.17) is 4.74 Å². The molecule has 2 aromatic rings. The van der Waals surface area contributed by atoms with Crippen molar-refractivity contribution in [3.8, 4) is 0 Å². The van der Waals surface area contributed by atoms with Crippen molar-refractivity contribution in [2.24, 2.45) is 0 Å². The van der Waals surface area contributed by atoms with Crippen LogP contribution in [0, 0.1) is 5.82 Å². The van der Waals surface area contributed by atoms with E-state index in [9.17, 15) is 9.18 Å². The molecule has 0 aliphatic carbocycles. The van der Waals surface area contributed by atoms with E-state index in [1.807, 2.05) is 0 Å². The van der Waals surface area contributed by atoms with Gasteiger partial charge in [0.2, 0.25) is 5.56 Å². The molecule has 1 heterocycles. The van der Waals surface area contributed by atoms with Crippen molar-refractivity contribution in [1.29, 1.82) is 0 Å². The Morgan fingerprint density at radius 1 is 1.39 bits per heavy atom. The second-order valence-corrected chi connectivity index (χ2v) is 4.02. The van der Waals surface area contributed by atoms with Crippen molar-refractivity contribution in [1.82, 2.24) is 4.98 Å². The van der Waals surface area contributed by atoms with Gasteiger partial charge in [0.1, 0.15) is 5.82 Å². The lowest BCUT2D eigenvalue weighted by atomic mass is 10.2. The van der Waals surface area contributed by atoms with E-state index in [1.165, 1.54) is 12.1 Å². The molecule has 0 spiro atoms. The zero-order valence-electron chi connectivity index (χ0n) is 10.1. The Morgan fingerprint density at radius 2 is 2.22 bits per heavy atom. The SMILES string of the molecule is COCCCNc1cc2[nH]c(=O)ccc2cc1F. The summed E-state index contributed by atoms with van der Waals surface area (Å²) in [5.41, 5.74) is 0.818. The topological polar surface area (TPSA) is 54.1 Å². The van der Waals surface area contributed by atoms with Crippen molar-refractivity contribution in [3.63, 3.8) is 0 Å². The first-order chi connectivity index (χ1) is 8.70. The minimum absolute atomic E-state index is 0.195. The molecule has 0 saturated carbocycles. The van der Waals surface area contributed by atoms with Gasteiger partial charge in [-0.1, -0.05) is 0 Å². The average Bonchev–Trinajstić information content (AvgIpc) is 2.35. The molecule has 1 aromatic carbocycles. The molecule has 0 radical (unpaired) electrons. The second-order valence-electron chi connectivity index (χ2n) is 4.02. The molecular weight excluding hydrogens is 235 g/mol. The molecule has 0 atom stereocenters. The number of aromatic nitrogens is 1. The number of anilines is 1. The molecule has 0 saturated heterocycles. The highest BCUT2D eigenvalue weighted by molar-refractivity contribution is 5.82. The summed E-state index contributed by atoms with van der Waals surface area (Å²) in [5.74, 6) is -0.327. The Kier molecular flexibility index (Phi) is 3.94. The van der Waals surface area contributed by atoms with Crippen molar-refractivity contribution in [2.45, 2.75) is 6.42 Å². The maximum absolute atomic E-state index is 13.7. The summed E-state index contributed by atoms with van der Waals surface area (Å²) in [6.45, 7) is 1.24. The molecule has 0 unspecified atom stereocenters. The van der Waals surface area contributed by atoms with Gasteiger partial charge in [-0.3, -0.25) is 4.79 Å². The molecular formula is C13H15FN2O2. The summed E-state index contributed by atoms with van der Waals surface area (Å²) in [6, 6.07) is 6.00. The van der Waals surface area contributed by atoms with Crippen molar-refractivity contribution in [2.75, 3.05) is 25.6 Å². The van der Waals surface area contributed by atoms with Crippen LogP contribution in [0.5, 0.6) is 0 Å². The van der Waals surface area contributed by atoms with Crippen LogP contribution in [0.1, 0.15) is 6.42 Å². The van der Waals surface area contributed by atoms with Crippen molar-refractivity contribution in [3.05, 3.63) is 40.4 Å². The highest BCUT2D eigenvalue weighted by atomic mass is 19.1. The number of hydrogen-bond donors (Lipinski definition) is 2. The lowest BCUT2D eigenvalue weighted by molar-refractivity contribution is 0.197. The lowest BCUT2D eigenvalue weighted by Gasteiger charge is -2.08. The summed E-state index contributed by atoms with van der Waals surface area (Å²) in [6.07, 6.45) is 0.791. The third-order valence-electron chi connectivity index (χ3n) is 2.65. The molecule has 2 N–H and O–H groups in total. The summed E-state index contributed by atoms with van der Waals surface area (Å²) in [5, 5.41) is 3.66. The van der Waals surface area contributed by atoms with Crippen LogP contribution < -0.4 is 10.9 Å². The van der Waals surface area contributed by atoms with Crippen LogP contribution in [0.15, 0.2) is 29.1 Å². The monoisotopic (exact) mass is 250 g/mol. The molecule has 0 aliphatic rings. The minimum atomic E-state index is -0.327. The van der Waals surface area contributed by atoms with Crippen LogP contribution in [0.4, 0.5) is 10.1 Å². The Morgan fingerprint density at radius 3 is 3.00 bits per heavy atom. The van der Waals surface area contributed by atoms with Gasteiger partial charge in [-0.2, -0.15) is 0 Å². The number of H-pyrrole nitrogens is 1. The van der Waals surface area contributed by atoms with Gasteiger partial charge in [0, 0.05) is 31.7 Å². The number of hydrogen-bond acceptors (Lipinski definition) is 3. The Labute approximate surface area is 104 Å². The zero-order valence-corrected chi connectivity index (χ0v) is 10.1. The quantitative estimate of drug-likeness (QED) is 0.799. The molecule has 0 amide bonds. The first-order valence-electron chi connectivity index (χ1n) is 5.76. The molecule has 4 nitrogen and oxygen atoms in total. The van der Waals surface area contributed by atoms with Crippen LogP contribution in [0.2, 0.25) is 0 Å². The molecule has 1 aromatic heterocycles. The van der Waals surface area contributed by atoms with Crippen LogP contribution in [0.3, 0.4) is 0 Å². The number of pyridine rings is 1. The van der Waals surface area contributed by atoms with E-state index in [1.54, 1.807) is 19.2 Å². The first kappa shape index (κ1) is 12.6. The molecule has 2 rings (SSSR count). The van der Waals surface area contributed by atoms with E-state index in [-0.39, 0.29) is 11.4 Å². The highest BCUT2D eigenvalue weighted by Gasteiger charge is 2.04. The van der Waals surface area contributed by atoms with Gasteiger partial charge < -0.3 is 15.0 Å². The van der Waals surface area contributed by atoms with E-state index in [0.717, 1.165) is 6.42 Å². The standard InChI is InChI=1S/C13H15FN2O2/c1-18-6-2-5-15-12-8-11-9(7-10(12)14)3-4-13(17)16-11/h3-4,7-8,15H,2,5-6H2,1H3,(H,16,17). The molecule has 5 heteroatoms. The summed E-state index contributed by atoms with van der Waals surface area (Å²) < 4.78 is 18.7. The smallest absolute Gasteiger partial charge is 0.248 e. The summed E-state index contributed by atoms with van der Waals surface area (Å²) in [4.78, 5) is 13.9. The number of benzene rings is 1. The maximum Gasteiger partial charge on any atom is 0.248 e. The number of aromatic amines is 1. The molecule has 0 fully saturated rings. The third kappa shape index (κ3) is 2.87. The Bertz CT molecular complexity index is 595. The van der Waals surface area contributed by atoms with Crippen LogP contribution in [-0.4, -0.2) is 25.2 Å².